The molecule has 1 aromatic rings. The van der Waals surface area contributed by atoms with Crippen LogP contribution >= 0.6 is 0 Å². The topological polar surface area (TPSA) is 66.8 Å². The first-order valence-electron chi connectivity index (χ1n) is 4.20. The van der Waals surface area contributed by atoms with E-state index in [1.54, 1.807) is 13.0 Å². The van der Waals surface area contributed by atoms with E-state index in [9.17, 15) is 9.90 Å². The first-order chi connectivity index (χ1) is 6.50. The van der Waals surface area contributed by atoms with E-state index in [1.165, 1.54) is 19.1 Å². The summed E-state index contributed by atoms with van der Waals surface area (Å²) in [4.78, 5) is 10.5. The Morgan fingerprint density at radius 3 is 2.64 bits per heavy atom. The van der Waals surface area contributed by atoms with Crippen LogP contribution in [-0.4, -0.2) is 22.3 Å². The van der Waals surface area contributed by atoms with Gasteiger partial charge in [0, 0.05) is 0 Å². The number of phenolic OH excluding ortho intramolecular Hbond substituents is 1. The fraction of sp³-hybridized carbons (Fsp3) is 0.300. The molecule has 0 saturated heterocycles. The largest absolute Gasteiger partial charge is 0.508 e. The van der Waals surface area contributed by atoms with Gasteiger partial charge < -0.3 is 14.9 Å². The van der Waals surface area contributed by atoms with Crippen molar-refractivity contribution in [3.05, 3.63) is 23.8 Å². The molecule has 0 aliphatic rings. The molecular weight excluding hydrogens is 184 g/mol. The van der Waals surface area contributed by atoms with Crippen molar-refractivity contribution in [3.63, 3.8) is 0 Å². The maximum Gasteiger partial charge on any atom is 0.344 e. The van der Waals surface area contributed by atoms with Gasteiger partial charge in [0.05, 0.1) is 0 Å². The highest BCUT2D eigenvalue weighted by atomic mass is 16.5. The van der Waals surface area contributed by atoms with Gasteiger partial charge in [-0.3, -0.25) is 0 Å². The van der Waals surface area contributed by atoms with Gasteiger partial charge in [0.2, 0.25) is 0 Å². The quantitative estimate of drug-likeness (QED) is 0.769. The van der Waals surface area contributed by atoms with Crippen molar-refractivity contribution in [3.8, 4) is 11.5 Å². The highest BCUT2D eigenvalue weighted by Crippen LogP contribution is 2.22. The molecule has 1 rings (SSSR count). The highest BCUT2D eigenvalue weighted by molar-refractivity contribution is 5.72. The van der Waals surface area contributed by atoms with Crippen LogP contribution in [0.5, 0.6) is 11.5 Å². The maximum absolute atomic E-state index is 10.5. The minimum atomic E-state index is -1.02. The molecule has 0 fully saturated rings. The van der Waals surface area contributed by atoms with Gasteiger partial charge in [0.25, 0.3) is 0 Å². The van der Waals surface area contributed by atoms with Crippen LogP contribution in [0, 0.1) is 6.92 Å². The molecule has 0 bridgehead atoms. The summed E-state index contributed by atoms with van der Waals surface area (Å²) < 4.78 is 5.10. The summed E-state index contributed by atoms with van der Waals surface area (Å²) in [5, 5.41) is 17.8. The molecule has 4 heteroatoms. The Bertz CT molecular complexity index is 346. The number of aliphatic carboxylic acids is 1. The summed E-state index contributed by atoms with van der Waals surface area (Å²) >= 11 is 0. The van der Waals surface area contributed by atoms with Crippen LogP contribution in [0.15, 0.2) is 18.2 Å². The summed E-state index contributed by atoms with van der Waals surface area (Å²) in [5.41, 5.74) is 0.653. The number of carbonyl (C=O) groups is 1. The monoisotopic (exact) mass is 196 g/mol. The van der Waals surface area contributed by atoms with Crippen LogP contribution in [0.3, 0.4) is 0 Å². The van der Waals surface area contributed by atoms with Crippen molar-refractivity contribution in [2.75, 3.05) is 0 Å². The van der Waals surface area contributed by atoms with E-state index in [0.717, 1.165) is 0 Å². The zero-order valence-electron chi connectivity index (χ0n) is 8.02. The number of hydrogen-bond donors (Lipinski definition) is 2. The fourth-order valence-corrected chi connectivity index (χ4v) is 0.956. The van der Waals surface area contributed by atoms with Gasteiger partial charge in [-0.2, -0.15) is 0 Å². The van der Waals surface area contributed by atoms with E-state index in [0.29, 0.717) is 11.3 Å². The Balaban J connectivity index is 2.78. The second-order valence-electron chi connectivity index (χ2n) is 3.05. The number of phenols is 1. The number of carboxylic acid groups (broad SMARTS) is 1. The molecule has 0 amide bonds. The van der Waals surface area contributed by atoms with Crippen molar-refractivity contribution in [2.45, 2.75) is 20.0 Å². The molecule has 14 heavy (non-hydrogen) atoms. The van der Waals surface area contributed by atoms with Crippen molar-refractivity contribution in [1.29, 1.82) is 0 Å². The molecule has 4 nitrogen and oxygen atoms in total. The maximum atomic E-state index is 10.5. The fourth-order valence-electron chi connectivity index (χ4n) is 0.956. The minimum absolute atomic E-state index is 0.167. The Morgan fingerprint density at radius 1 is 1.50 bits per heavy atom. The average Bonchev–Trinajstić information content (AvgIpc) is 2.11. The highest BCUT2D eigenvalue weighted by Gasteiger charge is 2.12. The van der Waals surface area contributed by atoms with E-state index in [2.05, 4.69) is 0 Å². The van der Waals surface area contributed by atoms with Crippen molar-refractivity contribution >= 4 is 5.97 Å². The van der Waals surface area contributed by atoms with Crippen molar-refractivity contribution in [2.24, 2.45) is 0 Å². The summed E-state index contributed by atoms with van der Waals surface area (Å²) in [6, 6.07) is 4.59. The number of carboxylic acids is 1. The first-order valence-corrected chi connectivity index (χ1v) is 4.20. The van der Waals surface area contributed by atoms with Gasteiger partial charge in [0.1, 0.15) is 11.5 Å². The van der Waals surface area contributed by atoms with Crippen LogP contribution in [0.4, 0.5) is 0 Å². The Labute approximate surface area is 81.8 Å². The third-order valence-electron chi connectivity index (χ3n) is 1.83. The summed E-state index contributed by atoms with van der Waals surface area (Å²) in [7, 11) is 0. The van der Waals surface area contributed by atoms with E-state index >= 15 is 0 Å². The number of benzene rings is 1. The number of ether oxygens (including phenoxy) is 1. The molecule has 0 aliphatic carbocycles. The van der Waals surface area contributed by atoms with Gasteiger partial charge in [-0.1, -0.05) is 0 Å². The van der Waals surface area contributed by atoms with Gasteiger partial charge in [-0.15, -0.1) is 0 Å². The van der Waals surface area contributed by atoms with Crippen LogP contribution in [0.1, 0.15) is 12.5 Å². The minimum Gasteiger partial charge on any atom is -0.508 e. The van der Waals surface area contributed by atoms with Gasteiger partial charge in [0.15, 0.2) is 6.10 Å². The second kappa shape index (κ2) is 4.00. The van der Waals surface area contributed by atoms with Gasteiger partial charge in [-0.05, 0) is 37.6 Å². The predicted molar refractivity (Wildman–Crippen MR) is 50.6 cm³/mol. The molecule has 76 valence electrons. The molecule has 0 spiro atoms. The molecule has 1 atom stereocenters. The molecule has 0 aromatic heterocycles. The first kappa shape index (κ1) is 10.4. The van der Waals surface area contributed by atoms with Crippen molar-refractivity contribution in [1.82, 2.24) is 0 Å². The molecule has 1 unspecified atom stereocenters. The van der Waals surface area contributed by atoms with Crippen LogP contribution < -0.4 is 4.74 Å². The Hall–Kier alpha value is -1.71. The summed E-state index contributed by atoms with van der Waals surface area (Å²) in [5.74, 6) is -0.411. The lowest BCUT2D eigenvalue weighted by molar-refractivity contribution is -0.144. The average molecular weight is 196 g/mol. The van der Waals surface area contributed by atoms with Gasteiger partial charge >= 0.3 is 5.97 Å². The van der Waals surface area contributed by atoms with Crippen LogP contribution in [-0.2, 0) is 4.79 Å². The lowest BCUT2D eigenvalue weighted by atomic mass is 10.2. The third kappa shape index (κ3) is 2.39. The number of aryl methyl sites for hydroxylation is 1. The Morgan fingerprint density at radius 2 is 2.14 bits per heavy atom. The van der Waals surface area contributed by atoms with E-state index < -0.39 is 12.1 Å². The summed E-state index contributed by atoms with van der Waals surface area (Å²) in [6.07, 6.45) is -0.890. The number of hydrogen-bond acceptors (Lipinski definition) is 3. The summed E-state index contributed by atoms with van der Waals surface area (Å²) in [6.45, 7) is 3.16. The molecule has 1 aromatic carbocycles. The zero-order chi connectivity index (χ0) is 10.7. The lowest BCUT2D eigenvalue weighted by Gasteiger charge is -2.10. The molecular formula is C10H12O4. The Kier molecular flexibility index (Phi) is 2.96. The van der Waals surface area contributed by atoms with E-state index in [4.69, 9.17) is 9.84 Å². The third-order valence-corrected chi connectivity index (χ3v) is 1.83. The smallest absolute Gasteiger partial charge is 0.344 e. The molecule has 2 N–H and O–H groups in total. The van der Waals surface area contributed by atoms with Crippen LogP contribution in [0.2, 0.25) is 0 Å². The van der Waals surface area contributed by atoms with E-state index in [-0.39, 0.29) is 5.75 Å². The number of rotatable bonds is 3. The number of aromatic hydroxyl groups is 1. The standard InChI is InChI=1S/C10H12O4/c1-6-5-8(3-4-9(6)11)14-7(2)10(12)13/h3-5,7,11H,1-2H3,(H,12,13). The van der Waals surface area contributed by atoms with Crippen molar-refractivity contribution < 1.29 is 19.7 Å². The van der Waals surface area contributed by atoms with Gasteiger partial charge in [-0.25, -0.2) is 4.79 Å². The lowest BCUT2D eigenvalue weighted by Crippen LogP contribution is -2.22. The van der Waals surface area contributed by atoms with Crippen LogP contribution in [0.25, 0.3) is 0 Å². The van der Waals surface area contributed by atoms with E-state index in [1.807, 2.05) is 0 Å². The molecule has 0 saturated carbocycles. The predicted octanol–water partition coefficient (Wildman–Crippen LogP) is 1.55. The normalized spacial score (nSPS) is 12.1. The molecule has 0 heterocycles. The second-order valence-corrected chi connectivity index (χ2v) is 3.05. The molecule has 0 radical (unpaired) electrons. The SMILES string of the molecule is Cc1cc(OC(C)C(=O)O)ccc1O. The molecule has 0 aliphatic heterocycles. The zero-order valence-corrected chi connectivity index (χ0v) is 8.02.